The topological polar surface area (TPSA) is 73.4 Å². The van der Waals surface area contributed by atoms with Gasteiger partial charge in [0.1, 0.15) is 5.82 Å². The number of H-pyrrole nitrogens is 1. The van der Waals surface area contributed by atoms with E-state index in [1.165, 1.54) is 6.07 Å². The molecule has 1 aliphatic heterocycles. The first-order valence-corrected chi connectivity index (χ1v) is 10.1. The van der Waals surface area contributed by atoms with Crippen molar-refractivity contribution in [1.29, 1.82) is 0 Å². The van der Waals surface area contributed by atoms with Gasteiger partial charge in [-0.05, 0) is 43.3 Å². The van der Waals surface area contributed by atoms with Gasteiger partial charge in [0, 0.05) is 51.1 Å². The molecule has 4 rings (SSSR count). The molecule has 1 aliphatic rings. The second-order valence-corrected chi connectivity index (χ2v) is 7.39. The maximum atomic E-state index is 13.3. The van der Waals surface area contributed by atoms with E-state index in [1.54, 1.807) is 28.6 Å². The zero-order chi connectivity index (χ0) is 21.7. The van der Waals surface area contributed by atoms with Crippen LogP contribution >= 0.6 is 11.6 Å². The first kappa shape index (κ1) is 21.7. The van der Waals surface area contributed by atoms with E-state index >= 15 is 0 Å². The van der Waals surface area contributed by atoms with Gasteiger partial charge in [-0.25, -0.2) is 9.18 Å². The van der Waals surface area contributed by atoms with Crippen molar-refractivity contribution in [1.82, 2.24) is 14.5 Å². The molecule has 1 fully saturated rings. The molecule has 0 radical (unpaired) electrons. The molecule has 9 heteroatoms. The molecule has 0 spiro atoms. The van der Waals surface area contributed by atoms with Gasteiger partial charge in [-0.1, -0.05) is 11.6 Å². The molecular weight excluding hydrogens is 409 g/mol. The molecule has 0 unspecified atom stereocenters. The maximum Gasteiger partial charge on any atom is 0.326 e. The van der Waals surface area contributed by atoms with E-state index in [2.05, 4.69) is 10.3 Å². The number of nitrogens with zero attached hydrogens (tertiary/aromatic N) is 3. The van der Waals surface area contributed by atoms with Gasteiger partial charge in [0.05, 0.1) is 16.1 Å². The van der Waals surface area contributed by atoms with Crippen LogP contribution < -0.4 is 15.9 Å². The molecule has 2 N–H and O–H groups in total. The number of halogens is 2. The highest BCUT2D eigenvalue weighted by Crippen LogP contribution is 2.22. The van der Waals surface area contributed by atoms with Gasteiger partial charge < -0.3 is 20.1 Å². The lowest BCUT2D eigenvalue weighted by molar-refractivity contribution is -0.118. The summed E-state index contributed by atoms with van der Waals surface area (Å²) in [4.78, 5) is 28.4. The number of carbonyl (C=O) groups excluding carboxylic acids is 1. The van der Waals surface area contributed by atoms with Gasteiger partial charge in [0.25, 0.3) is 0 Å². The predicted octanol–water partition coefficient (Wildman–Crippen LogP) is 3.06. The summed E-state index contributed by atoms with van der Waals surface area (Å²) in [6, 6.07) is 10.6. The zero-order valence-electron chi connectivity index (χ0n) is 17.0. The summed E-state index contributed by atoms with van der Waals surface area (Å²) in [7, 11) is 1.76. The Morgan fingerprint density at radius 1 is 1.17 bits per heavy atom. The van der Waals surface area contributed by atoms with Crippen LogP contribution in [0.4, 0.5) is 15.8 Å². The summed E-state index contributed by atoms with van der Waals surface area (Å²) in [5.74, 6) is -0.406. The van der Waals surface area contributed by atoms with Crippen LogP contribution in [0.3, 0.4) is 0 Å². The fraction of sp³-hybridized carbons (Fsp3) is 0.333. The Hall–Kier alpha value is -3.00. The van der Waals surface area contributed by atoms with Crippen molar-refractivity contribution in [2.24, 2.45) is 7.05 Å². The van der Waals surface area contributed by atoms with Gasteiger partial charge in [0.15, 0.2) is 0 Å². The number of piperazine rings is 1. The Labute approximate surface area is 179 Å². The number of aromatic amines is 1. The number of anilines is 2. The maximum absolute atomic E-state index is 13.3. The Balaban J connectivity index is 0.000000172. The summed E-state index contributed by atoms with van der Waals surface area (Å²) >= 11 is 5.62. The molecule has 0 bridgehead atoms. The minimum atomic E-state index is -0.406. The number of nitrogens with one attached hydrogen (secondary N) is 2. The standard InChI is InChI=1S/C11H12ClFN2O.C10H13N3O/c12-10-2-1-9(7-11(10)13)15-5-3-14(8-16)4-6-15;1-3-11-7-4-5-8-9(6-7)13(2)10(14)12-8/h1-2,7-8H,3-6H2;4-6,11H,3H2,1-2H3,(H,12,14). The molecule has 1 aromatic heterocycles. The van der Waals surface area contributed by atoms with E-state index in [1.807, 2.05) is 30.0 Å². The highest BCUT2D eigenvalue weighted by Gasteiger charge is 2.16. The molecule has 7 nitrogen and oxygen atoms in total. The molecule has 1 saturated heterocycles. The average molecular weight is 434 g/mol. The van der Waals surface area contributed by atoms with Crippen LogP contribution in [0.2, 0.25) is 5.02 Å². The molecule has 0 aliphatic carbocycles. The van der Waals surface area contributed by atoms with Gasteiger partial charge >= 0.3 is 5.69 Å². The molecule has 30 heavy (non-hydrogen) atoms. The van der Waals surface area contributed by atoms with E-state index in [0.29, 0.717) is 13.1 Å². The van der Waals surface area contributed by atoms with Crippen molar-refractivity contribution in [2.45, 2.75) is 6.92 Å². The highest BCUT2D eigenvalue weighted by molar-refractivity contribution is 6.30. The number of carbonyl (C=O) groups is 1. The summed E-state index contributed by atoms with van der Waals surface area (Å²) in [6.45, 7) is 5.71. The van der Waals surface area contributed by atoms with E-state index in [4.69, 9.17) is 11.6 Å². The number of benzene rings is 2. The SMILES string of the molecule is CCNc1ccc2[nH]c(=O)n(C)c2c1.O=CN1CCN(c2ccc(Cl)c(F)c2)CC1. The number of hydrogen-bond donors (Lipinski definition) is 2. The summed E-state index contributed by atoms with van der Waals surface area (Å²) in [5, 5.41) is 3.34. The lowest BCUT2D eigenvalue weighted by atomic mass is 10.2. The van der Waals surface area contributed by atoms with Crippen molar-refractivity contribution in [2.75, 3.05) is 42.9 Å². The first-order chi connectivity index (χ1) is 14.4. The third-order valence-corrected chi connectivity index (χ3v) is 5.32. The number of rotatable bonds is 4. The second-order valence-electron chi connectivity index (χ2n) is 6.98. The summed E-state index contributed by atoms with van der Waals surface area (Å²) in [5.41, 5.74) is 3.57. The van der Waals surface area contributed by atoms with E-state index < -0.39 is 5.82 Å². The Morgan fingerprint density at radius 3 is 2.53 bits per heavy atom. The zero-order valence-corrected chi connectivity index (χ0v) is 17.7. The van der Waals surface area contributed by atoms with Crippen molar-refractivity contribution >= 4 is 40.4 Å². The van der Waals surface area contributed by atoms with Crippen molar-refractivity contribution < 1.29 is 9.18 Å². The summed E-state index contributed by atoms with van der Waals surface area (Å²) in [6.07, 6.45) is 0.847. The number of hydrogen-bond acceptors (Lipinski definition) is 4. The number of amides is 1. The highest BCUT2D eigenvalue weighted by atomic mass is 35.5. The average Bonchev–Trinajstić information content (AvgIpc) is 3.04. The molecule has 3 aromatic rings. The van der Waals surface area contributed by atoms with Gasteiger partial charge in [0.2, 0.25) is 6.41 Å². The summed E-state index contributed by atoms with van der Waals surface area (Å²) < 4.78 is 14.9. The van der Waals surface area contributed by atoms with E-state index in [0.717, 1.165) is 48.5 Å². The van der Waals surface area contributed by atoms with Crippen molar-refractivity contribution in [3.63, 3.8) is 0 Å². The first-order valence-electron chi connectivity index (χ1n) is 9.75. The smallest absolute Gasteiger partial charge is 0.326 e. The van der Waals surface area contributed by atoms with Crippen LogP contribution in [0, 0.1) is 5.82 Å². The van der Waals surface area contributed by atoms with Crippen LogP contribution in [0.15, 0.2) is 41.2 Å². The third kappa shape index (κ3) is 4.94. The van der Waals surface area contributed by atoms with Crippen LogP contribution in [0.25, 0.3) is 11.0 Å². The Bertz CT molecular complexity index is 1070. The Morgan fingerprint density at radius 2 is 1.90 bits per heavy atom. The molecule has 1 amide bonds. The van der Waals surface area contributed by atoms with Crippen molar-refractivity contribution in [3.8, 4) is 0 Å². The predicted molar refractivity (Wildman–Crippen MR) is 119 cm³/mol. The Kier molecular flexibility index (Phi) is 6.99. The molecule has 0 atom stereocenters. The normalized spacial score (nSPS) is 13.7. The number of imidazole rings is 1. The number of fused-ring (bicyclic) bond motifs is 1. The fourth-order valence-corrected chi connectivity index (χ4v) is 3.42. The second kappa shape index (κ2) is 9.67. The van der Waals surface area contributed by atoms with Crippen LogP contribution in [0.1, 0.15) is 6.92 Å². The van der Waals surface area contributed by atoms with Crippen molar-refractivity contribution in [3.05, 3.63) is 57.7 Å². The minimum absolute atomic E-state index is 0.0753. The monoisotopic (exact) mass is 433 g/mol. The quantitative estimate of drug-likeness (QED) is 0.620. The van der Waals surface area contributed by atoms with Gasteiger partial charge in [-0.15, -0.1) is 0 Å². The number of aromatic nitrogens is 2. The van der Waals surface area contributed by atoms with E-state index in [9.17, 15) is 14.0 Å². The fourth-order valence-electron chi connectivity index (χ4n) is 3.30. The van der Waals surface area contributed by atoms with Crippen LogP contribution in [0.5, 0.6) is 0 Å². The lowest BCUT2D eigenvalue weighted by Crippen LogP contribution is -2.45. The largest absolute Gasteiger partial charge is 0.385 e. The number of aryl methyl sites for hydroxylation is 1. The molecule has 2 heterocycles. The molecule has 160 valence electrons. The van der Waals surface area contributed by atoms with Crippen LogP contribution in [-0.2, 0) is 11.8 Å². The van der Waals surface area contributed by atoms with Crippen LogP contribution in [-0.4, -0.2) is 53.6 Å². The molecule has 2 aromatic carbocycles. The van der Waals surface area contributed by atoms with Gasteiger partial charge in [-0.2, -0.15) is 0 Å². The lowest BCUT2D eigenvalue weighted by Gasteiger charge is -2.34. The molecular formula is C21H25ClFN5O2. The third-order valence-electron chi connectivity index (χ3n) is 5.02. The minimum Gasteiger partial charge on any atom is -0.385 e. The molecule has 0 saturated carbocycles. The van der Waals surface area contributed by atoms with Gasteiger partial charge in [-0.3, -0.25) is 9.36 Å². The van der Waals surface area contributed by atoms with E-state index in [-0.39, 0.29) is 10.7 Å².